The van der Waals surface area contributed by atoms with Crippen LogP contribution in [0.1, 0.15) is 20.8 Å². The molecule has 0 unspecified atom stereocenters. The zero-order valence-electron chi connectivity index (χ0n) is 17.3. The van der Waals surface area contributed by atoms with E-state index in [9.17, 15) is 22.8 Å². The molecule has 2 aromatic heterocycles. The highest BCUT2D eigenvalue weighted by molar-refractivity contribution is 7.19. The zero-order valence-corrected chi connectivity index (χ0v) is 18.2. The third-order valence-corrected chi connectivity index (χ3v) is 5.84. The van der Waals surface area contributed by atoms with Gasteiger partial charge in [0.2, 0.25) is 0 Å². The second-order valence-corrected chi connectivity index (χ2v) is 8.45. The lowest BCUT2D eigenvalue weighted by atomic mass is 10.0. The minimum Gasteiger partial charge on any atom is -0.367 e. The lowest BCUT2D eigenvalue weighted by Gasteiger charge is -2.10. The van der Waals surface area contributed by atoms with Gasteiger partial charge in [0, 0.05) is 16.0 Å². The van der Waals surface area contributed by atoms with Crippen LogP contribution in [0, 0.1) is 6.92 Å². The van der Waals surface area contributed by atoms with Crippen molar-refractivity contribution >= 4 is 27.5 Å². The number of fused-ring (bicyclic) bond motifs is 1. The number of benzene rings is 2. The highest BCUT2D eigenvalue weighted by atomic mass is 32.1. The Bertz CT molecular complexity index is 1350. The number of carbonyl (C=O) groups is 1. The molecular weight excluding hydrogens is 455 g/mol. The first-order valence-electron chi connectivity index (χ1n) is 9.84. The largest absolute Gasteiger partial charge is 0.411 e. The predicted octanol–water partition coefficient (Wildman–Crippen LogP) is 4.90. The monoisotopic (exact) mass is 473 g/mol. The van der Waals surface area contributed by atoms with Gasteiger partial charge in [-0.15, -0.1) is 11.3 Å². The van der Waals surface area contributed by atoms with Crippen molar-refractivity contribution in [2.45, 2.75) is 19.7 Å². The summed E-state index contributed by atoms with van der Waals surface area (Å²) in [7, 11) is 0. The van der Waals surface area contributed by atoms with Gasteiger partial charge in [-0.3, -0.25) is 15.0 Å². The van der Waals surface area contributed by atoms with Crippen molar-refractivity contribution in [2.75, 3.05) is 12.0 Å². The van der Waals surface area contributed by atoms with Gasteiger partial charge in [-0.2, -0.15) is 13.2 Å². The fourth-order valence-electron chi connectivity index (χ4n) is 3.35. The van der Waals surface area contributed by atoms with E-state index in [-0.39, 0.29) is 12.2 Å². The van der Waals surface area contributed by atoms with Crippen LogP contribution in [0.5, 0.6) is 0 Å². The van der Waals surface area contributed by atoms with Gasteiger partial charge in [0.25, 0.3) is 11.5 Å². The van der Waals surface area contributed by atoms with Gasteiger partial charge in [-0.05, 0) is 30.2 Å². The molecule has 10 heteroatoms. The first-order valence-corrected chi connectivity index (χ1v) is 10.7. The quantitative estimate of drug-likeness (QED) is 0.433. The summed E-state index contributed by atoms with van der Waals surface area (Å²) < 4.78 is 42.2. The van der Waals surface area contributed by atoms with E-state index in [1.807, 2.05) is 37.3 Å². The summed E-state index contributed by atoms with van der Waals surface area (Å²) >= 11 is 1.40. The third-order valence-electron chi connectivity index (χ3n) is 4.82. The number of thiophene rings is 1. The summed E-state index contributed by atoms with van der Waals surface area (Å²) in [5.41, 5.74) is 4.48. The number of hydrogen-bond acceptors (Lipinski definition) is 5. The lowest BCUT2D eigenvalue weighted by molar-refractivity contribution is -0.176. The van der Waals surface area contributed by atoms with Crippen molar-refractivity contribution < 1.29 is 22.7 Å². The Morgan fingerprint density at radius 3 is 2.48 bits per heavy atom. The number of aryl methyl sites for hydroxylation is 1. The molecule has 0 bridgehead atoms. The van der Waals surface area contributed by atoms with Crippen LogP contribution in [0.15, 0.2) is 65.7 Å². The van der Waals surface area contributed by atoms with Crippen molar-refractivity contribution in [1.82, 2.24) is 9.66 Å². The molecule has 0 atom stereocenters. The molecule has 0 fully saturated rings. The average molecular weight is 473 g/mol. The molecule has 1 N–H and O–H groups in total. The minimum absolute atomic E-state index is 0.228. The number of alkyl halides is 3. The summed E-state index contributed by atoms with van der Waals surface area (Å²) in [4.78, 5) is 31.6. The molecule has 6 nitrogen and oxygen atoms in total. The number of hydrogen-bond donors (Lipinski definition) is 1. The molecule has 0 aliphatic carbocycles. The smallest absolute Gasteiger partial charge is 0.367 e. The number of aromatic nitrogens is 2. The topological polar surface area (TPSA) is 73.2 Å². The Balaban J connectivity index is 1.55. The number of carbonyl (C=O) groups excluding carboxylic acids is 1. The van der Waals surface area contributed by atoms with E-state index in [4.69, 9.17) is 0 Å². The van der Waals surface area contributed by atoms with Crippen molar-refractivity contribution in [2.24, 2.45) is 0 Å². The van der Waals surface area contributed by atoms with Gasteiger partial charge in [-0.25, -0.2) is 9.66 Å². The summed E-state index contributed by atoms with van der Waals surface area (Å²) in [5.74, 6) is -0.561. The van der Waals surface area contributed by atoms with Gasteiger partial charge in [0.05, 0.1) is 12.0 Å². The average Bonchev–Trinajstić information content (AvgIpc) is 3.12. The van der Waals surface area contributed by atoms with Crippen LogP contribution in [0.3, 0.4) is 0 Å². The van der Waals surface area contributed by atoms with Crippen molar-refractivity contribution in [3.63, 3.8) is 0 Å². The molecule has 2 aromatic carbocycles. The van der Waals surface area contributed by atoms with Crippen LogP contribution in [-0.2, 0) is 11.3 Å². The maximum atomic E-state index is 13.2. The van der Waals surface area contributed by atoms with Crippen LogP contribution < -0.4 is 11.0 Å². The molecule has 4 rings (SSSR count). The minimum atomic E-state index is -4.40. The van der Waals surface area contributed by atoms with E-state index in [1.165, 1.54) is 41.9 Å². The number of ether oxygens (including phenoxy) is 1. The molecule has 0 aliphatic heterocycles. The van der Waals surface area contributed by atoms with Gasteiger partial charge >= 0.3 is 6.18 Å². The lowest BCUT2D eigenvalue weighted by Crippen LogP contribution is -2.33. The van der Waals surface area contributed by atoms with E-state index in [0.29, 0.717) is 15.8 Å². The Kier molecular flexibility index (Phi) is 6.30. The molecule has 0 saturated carbocycles. The number of nitrogens with one attached hydrogen (secondary N) is 1. The second kappa shape index (κ2) is 9.16. The standard InChI is InChI=1S/C23H18F3N3O3S/c1-14-18(16-5-3-2-4-6-16)19-21(33-14)27-13-29(22(19)31)28-20(30)17-9-7-15(8-10-17)11-32-12-23(24,25)26/h2-10,13H,11-12H2,1H3,(H,28,30). The summed E-state index contributed by atoms with van der Waals surface area (Å²) in [6, 6.07) is 15.3. The van der Waals surface area contributed by atoms with E-state index < -0.39 is 24.2 Å². The first-order chi connectivity index (χ1) is 15.7. The number of halogens is 3. The van der Waals surface area contributed by atoms with Gasteiger partial charge in [0.15, 0.2) is 0 Å². The van der Waals surface area contributed by atoms with Crippen molar-refractivity contribution in [3.8, 4) is 11.1 Å². The molecule has 0 saturated heterocycles. The van der Waals surface area contributed by atoms with Crippen LogP contribution in [0.4, 0.5) is 13.2 Å². The SMILES string of the molecule is Cc1sc2ncn(NC(=O)c3ccc(COCC(F)(F)F)cc3)c(=O)c2c1-c1ccccc1. The van der Waals surface area contributed by atoms with E-state index >= 15 is 0 Å². The molecule has 0 aliphatic rings. The Hall–Kier alpha value is -3.50. The Morgan fingerprint density at radius 1 is 1.12 bits per heavy atom. The normalized spacial score (nSPS) is 11.6. The number of nitrogens with zero attached hydrogens (tertiary/aromatic N) is 2. The highest BCUT2D eigenvalue weighted by Gasteiger charge is 2.27. The van der Waals surface area contributed by atoms with Crippen molar-refractivity contribution in [1.29, 1.82) is 0 Å². The summed E-state index contributed by atoms with van der Waals surface area (Å²) in [6.07, 6.45) is -3.14. The number of amides is 1. The highest BCUT2D eigenvalue weighted by Crippen LogP contribution is 2.35. The molecule has 33 heavy (non-hydrogen) atoms. The van der Waals surface area contributed by atoms with Gasteiger partial charge < -0.3 is 4.74 Å². The van der Waals surface area contributed by atoms with Gasteiger partial charge in [-0.1, -0.05) is 42.5 Å². The Labute approximate surface area is 190 Å². The third kappa shape index (κ3) is 5.12. The molecule has 1 amide bonds. The Morgan fingerprint density at radius 2 is 1.82 bits per heavy atom. The number of rotatable bonds is 6. The van der Waals surface area contributed by atoms with E-state index in [2.05, 4.69) is 15.1 Å². The van der Waals surface area contributed by atoms with Crippen molar-refractivity contribution in [3.05, 3.63) is 87.3 Å². The summed E-state index contributed by atoms with van der Waals surface area (Å²) in [6.45, 7) is 0.332. The predicted molar refractivity (Wildman–Crippen MR) is 120 cm³/mol. The molecule has 170 valence electrons. The zero-order chi connectivity index (χ0) is 23.6. The van der Waals surface area contributed by atoms with Crippen LogP contribution in [-0.4, -0.2) is 28.4 Å². The van der Waals surface area contributed by atoms with Crippen LogP contribution >= 0.6 is 11.3 Å². The molecule has 2 heterocycles. The first kappa shape index (κ1) is 22.7. The maximum absolute atomic E-state index is 13.2. The fourth-order valence-corrected chi connectivity index (χ4v) is 4.35. The molecular formula is C23H18F3N3O3S. The second-order valence-electron chi connectivity index (χ2n) is 7.24. The summed E-state index contributed by atoms with van der Waals surface area (Å²) in [5, 5.41) is 0.420. The maximum Gasteiger partial charge on any atom is 0.411 e. The fraction of sp³-hybridized carbons (Fsp3) is 0.174. The van der Waals surface area contributed by atoms with Gasteiger partial charge in [0.1, 0.15) is 17.8 Å². The molecule has 0 radical (unpaired) electrons. The molecule has 4 aromatic rings. The van der Waals surface area contributed by atoms with Crippen LogP contribution in [0.25, 0.3) is 21.3 Å². The van der Waals surface area contributed by atoms with Crippen LogP contribution in [0.2, 0.25) is 0 Å². The van der Waals surface area contributed by atoms with E-state index in [1.54, 1.807) is 0 Å². The molecule has 0 spiro atoms. The van der Waals surface area contributed by atoms with E-state index in [0.717, 1.165) is 20.7 Å².